The molecule has 0 saturated heterocycles. The first kappa shape index (κ1) is 15.9. The molecule has 0 unspecified atom stereocenters. The van der Waals surface area contributed by atoms with Gasteiger partial charge in [0, 0.05) is 30.3 Å². The Bertz CT molecular complexity index is 787. The van der Waals surface area contributed by atoms with E-state index < -0.39 is 0 Å². The van der Waals surface area contributed by atoms with E-state index in [1.807, 2.05) is 48.5 Å². The fraction of sp³-hybridized carbons (Fsp3) is 0.222. The minimum absolute atomic E-state index is 0.539. The molecule has 0 fully saturated rings. The molecule has 6 nitrogen and oxygen atoms in total. The summed E-state index contributed by atoms with van der Waals surface area (Å²) in [7, 11) is 3.23. The SMILES string of the molecule is COc1ccc(NCCc2nnc(-c3ccccc3)o2)cc1OC. The lowest BCUT2D eigenvalue weighted by molar-refractivity contribution is 0.355. The molecule has 0 saturated carbocycles. The first-order chi connectivity index (χ1) is 11.8. The second-order valence-corrected chi connectivity index (χ2v) is 5.11. The fourth-order valence-corrected chi connectivity index (χ4v) is 2.31. The van der Waals surface area contributed by atoms with E-state index in [0.717, 1.165) is 11.3 Å². The van der Waals surface area contributed by atoms with Crippen molar-refractivity contribution < 1.29 is 13.9 Å². The van der Waals surface area contributed by atoms with E-state index in [1.54, 1.807) is 14.2 Å². The number of nitrogens with zero attached hydrogens (tertiary/aromatic N) is 2. The molecule has 3 aromatic rings. The zero-order valence-electron chi connectivity index (χ0n) is 13.7. The topological polar surface area (TPSA) is 69.4 Å². The van der Waals surface area contributed by atoms with Crippen molar-refractivity contribution in [3.8, 4) is 23.0 Å². The van der Waals surface area contributed by atoms with Crippen molar-refractivity contribution in [1.82, 2.24) is 10.2 Å². The van der Waals surface area contributed by atoms with Gasteiger partial charge in [0.2, 0.25) is 11.8 Å². The summed E-state index contributed by atoms with van der Waals surface area (Å²) in [6.45, 7) is 0.673. The Hall–Kier alpha value is -3.02. The molecule has 6 heteroatoms. The summed E-state index contributed by atoms with van der Waals surface area (Å²) >= 11 is 0. The van der Waals surface area contributed by atoms with Gasteiger partial charge in [0.05, 0.1) is 14.2 Å². The number of aromatic nitrogens is 2. The van der Waals surface area contributed by atoms with Gasteiger partial charge in [-0.25, -0.2) is 0 Å². The van der Waals surface area contributed by atoms with E-state index >= 15 is 0 Å². The number of ether oxygens (including phenoxy) is 2. The van der Waals surface area contributed by atoms with Crippen molar-refractivity contribution >= 4 is 5.69 Å². The number of nitrogens with one attached hydrogen (secondary N) is 1. The molecule has 124 valence electrons. The van der Waals surface area contributed by atoms with Crippen molar-refractivity contribution in [3.05, 3.63) is 54.4 Å². The summed E-state index contributed by atoms with van der Waals surface area (Å²) < 4.78 is 16.2. The summed E-state index contributed by atoms with van der Waals surface area (Å²) in [4.78, 5) is 0. The number of benzene rings is 2. The third-order valence-corrected chi connectivity index (χ3v) is 3.54. The minimum Gasteiger partial charge on any atom is -0.493 e. The van der Waals surface area contributed by atoms with Crippen LogP contribution in [0.1, 0.15) is 5.89 Å². The molecule has 0 aliphatic carbocycles. The van der Waals surface area contributed by atoms with Gasteiger partial charge in [-0.2, -0.15) is 0 Å². The third kappa shape index (κ3) is 3.65. The fourth-order valence-electron chi connectivity index (χ4n) is 2.31. The maximum absolute atomic E-state index is 5.68. The van der Waals surface area contributed by atoms with Gasteiger partial charge in [-0.1, -0.05) is 18.2 Å². The standard InChI is InChI=1S/C18H19N3O3/c1-22-15-9-8-14(12-16(15)23-2)19-11-10-17-20-21-18(24-17)13-6-4-3-5-7-13/h3-9,12,19H,10-11H2,1-2H3. The Labute approximate surface area is 140 Å². The smallest absolute Gasteiger partial charge is 0.247 e. The Morgan fingerprint density at radius 3 is 2.50 bits per heavy atom. The van der Waals surface area contributed by atoms with E-state index in [1.165, 1.54) is 0 Å². The summed E-state index contributed by atoms with van der Waals surface area (Å²) in [5.41, 5.74) is 1.86. The highest BCUT2D eigenvalue weighted by Crippen LogP contribution is 2.29. The van der Waals surface area contributed by atoms with Crippen LogP contribution in [-0.4, -0.2) is 31.0 Å². The Balaban J connectivity index is 1.58. The monoisotopic (exact) mass is 325 g/mol. The van der Waals surface area contributed by atoms with E-state index in [-0.39, 0.29) is 0 Å². The second kappa shape index (κ2) is 7.50. The van der Waals surface area contributed by atoms with Gasteiger partial charge in [0.1, 0.15) is 0 Å². The average Bonchev–Trinajstić information content (AvgIpc) is 3.11. The quantitative estimate of drug-likeness (QED) is 0.718. The zero-order valence-corrected chi connectivity index (χ0v) is 13.7. The van der Waals surface area contributed by atoms with Crippen molar-refractivity contribution in [3.63, 3.8) is 0 Å². The van der Waals surface area contributed by atoms with Crippen molar-refractivity contribution in [2.45, 2.75) is 6.42 Å². The lowest BCUT2D eigenvalue weighted by atomic mass is 10.2. The molecule has 0 amide bonds. The molecule has 0 aliphatic heterocycles. The number of hydrogen-bond acceptors (Lipinski definition) is 6. The maximum Gasteiger partial charge on any atom is 0.247 e. The van der Waals surface area contributed by atoms with Crippen LogP contribution in [0.2, 0.25) is 0 Å². The van der Waals surface area contributed by atoms with Gasteiger partial charge in [-0.3, -0.25) is 0 Å². The van der Waals surface area contributed by atoms with E-state index in [2.05, 4.69) is 15.5 Å². The van der Waals surface area contributed by atoms with Crippen molar-refractivity contribution in [2.24, 2.45) is 0 Å². The molecule has 1 heterocycles. The number of hydrogen-bond donors (Lipinski definition) is 1. The Morgan fingerprint density at radius 2 is 1.75 bits per heavy atom. The average molecular weight is 325 g/mol. The lowest BCUT2D eigenvalue weighted by Crippen LogP contribution is -2.05. The Kier molecular flexibility index (Phi) is 4.96. The van der Waals surface area contributed by atoms with Crippen LogP contribution < -0.4 is 14.8 Å². The largest absolute Gasteiger partial charge is 0.493 e. The molecule has 0 bridgehead atoms. The molecule has 3 rings (SSSR count). The summed E-state index contributed by atoms with van der Waals surface area (Å²) in [5.74, 6) is 2.53. The zero-order chi connectivity index (χ0) is 16.8. The molecule has 1 aromatic heterocycles. The van der Waals surface area contributed by atoms with Crippen molar-refractivity contribution in [2.75, 3.05) is 26.1 Å². The summed E-state index contributed by atoms with van der Waals surface area (Å²) in [6, 6.07) is 15.4. The van der Waals surface area contributed by atoms with Crippen LogP contribution in [0.3, 0.4) is 0 Å². The van der Waals surface area contributed by atoms with Gasteiger partial charge < -0.3 is 19.2 Å². The number of methoxy groups -OCH3 is 2. The van der Waals surface area contributed by atoms with Crippen LogP contribution in [-0.2, 0) is 6.42 Å². The van der Waals surface area contributed by atoms with Gasteiger partial charge in [0.25, 0.3) is 0 Å². The molecule has 1 N–H and O–H groups in total. The first-order valence-corrected chi connectivity index (χ1v) is 7.64. The molecular weight excluding hydrogens is 306 g/mol. The van der Waals surface area contributed by atoms with Crippen LogP contribution in [0.25, 0.3) is 11.5 Å². The van der Waals surface area contributed by atoms with Gasteiger partial charge >= 0.3 is 0 Å². The molecule has 24 heavy (non-hydrogen) atoms. The lowest BCUT2D eigenvalue weighted by Gasteiger charge is -2.10. The van der Waals surface area contributed by atoms with Crippen LogP contribution in [0.15, 0.2) is 52.9 Å². The van der Waals surface area contributed by atoms with Crippen LogP contribution in [0.4, 0.5) is 5.69 Å². The molecule has 2 aromatic carbocycles. The van der Waals surface area contributed by atoms with E-state index in [9.17, 15) is 0 Å². The Morgan fingerprint density at radius 1 is 0.958 bits per heavy atom. The molecule has 0 spiro atoms. The highest BCUT2D eigenvalue weighted by molar-refractivity contribution is 5.55. The second-order valence-electron chi connectivity index (χ2n) is 5.11. The maximum atomic E-state index is 5.68. The molecule has 0 aliphatic rings. The van der Waals surface area contributed by atoms with E-state index in [0.29, 0.717) is 36.2 Å². The minimum atomic E-state index is 0.539. The number of anilines is 1. The third-order valence-electron chi connectivity index (χ3n) is 3.54. The number of rotatable bonds is 7. The predicted octanol–water partition coefficient (Wildman–Crippen LogP) is 3.41. The predicted molar refractivity (Wildman–Crippen MR) is 91.5 cm³/mol. The summed E-state index contributed by atoms with van der Waals surface area (Å²) in [5, 5.41) is 11.5. The van der Waals surface area contributed by atoms with Crippen LogP contribution >= 0.6 is 0 Å². The first-order valence-electron chi connectivity index (χ1n) is 7.64. The molecule has 0 atom stereocenters. The molecular formula is C18H19N3O3. The van der Waals surface area contributed by atoms with Crippen LogP contribution in [0, 0.1) is 0 Å². The highest BCUT2D eigenvalue weighted by atomic mass is 16.5. The summed E-state index contributed by atoms with van der Waals surface area (Å²) in [6.07, 6.45) is 0.633. The highest BCUT2D eigenvalue weighted by Gasteiger charge is 2.08. The van der Waals surface area contributed by atoms with Gasteiger partial charge in [-0.15, -0.1) is 10.2 Å². The van der Waals surface area contributed by atoms with Gasteiger partial charge in [0.15, 0.2) is 11.5 Å². The van der Waals surface area contributed by atoms with Crippen molar-refractivity contribution in [1.29, 1.82) is 0 Å². The molecule has 0 radical (unpaired) electrons. The normalized spacial score (nSPS) is 10.4. The van der Waals surface area contributed by atoms with E-state index in [4.69, 9.17) is 13.9 Å². The van der Waals surface area contributed by atoms with Crippen LogP contribution in [0.5, 0.6) is 11.5 Å². The van der Waals surface area contributed by atoms with Gasteiger partial charge in [-0.05, 0) is 24.3 Å².